The number of rotatable bonds is 7. The number of methoxy groups -OCH3 is 1. The van der Waals surface area contributed by atoms with Crippen molar-refractivity contribution < 1.29 is 4.74 Å². The molecule has 0 saturated heterocycles. The van der Waals surface area contributed by atoms with Crippen LogP contribution in [0.25, 0.3) is 0 Å². The van der Waals surface area contributed by atoms with Crippen LogP contribution in [0.1, 0.15) is 25.1 Å². The molecule has 0 unspecified atom stereocenters. The van der Waals surface area contributed by atoms with Gasteiger partial charge in [-0.25, -0.2) is 4.98 Å². The molecule has 2 rings (SSSR count). The van der Waals surface area contributed by atoms with Gasteiger partial charge in [0.05, 0.1) is 7.11 Å². The predicted octanol–water partition coefficient (Wildman–Crippen LogP) is 3.47. The fourth-order valence-electron chi connectivity index (χ4n) is 2.07. The summed E-state index contributed by atoms with van der Waals surface area (Å²) >= 11 is 0. The van der Waals surface area contributed by atoms with Crippen LogP contribution in [0.2, 0.25) is 0 Å². The smallest absolute Gasteiger partial charge is 0.225 e. The van der Waals surface area contributed by atoms with Crippen LogP contribution in [-0.4, -0.2) is 23.6 Å². The number of aromatic nitrogens is 2. The maximum absolute atomic E-state index is 5.35. The minimum atomic E-state index is 0.570. The van der Waals surface area contributed by atoms with E-state index >= 15 is 0 Å². The highest BCUT2D eigenvalue weighted by Crippen LogP contribution is 2.18. The quantitative estimate of drug-likeness (QED) is 0.820. The first kappa shape index (κ1) is 16.1. The lowest BCUT2D eigenvalue weighted by atomic mass is 10.2. The zero-order chi connectivity index (χ0) is 15.9. The first-order chi connectivity index (χ1) is 10.6. The minimum Gasteiger partial charge on any atom is -0.496 e. The Labute approximate surface area is 132 Å². The molecule has 1 heterocycles. The molecule has 2 N–H and O–H groups in total. The van der Waals surface area contributed by atoms with E-state index in [-0.39, 0.29) is 0 Å². The SMILES string of the molecule is COc1ccccc1CNc1nc(C)cc(NCC(C)C)n1. The number of nitrogens with zero attached hydrogens (tertiary/aromatic N) is 2. The third kappa shape index (κ3) is 4.62. The van der Waals surface area contributed by atoms with E-state index in [4.69, 9.17) is 4.74 Å². The number of aryl methyl sites for hydroxylation is 1. The van der Waals surface area contributed by atoms with Crippen molar-refractivity contribution in [1.29, 1.82) is 0 Å². The van der Waals surface area contributed by atoms with E-state index in [2.05, 4.69) is 34.4 Å². The fourth-order valence-corrected chi connectivity index (χ4v) is 2.07. The van der Waals surface area contributed by atoms with E-state index in [0.29, 0.717) is 18.4 Å². The Morgan fingerprint density at radius 1 is 1.14 bits per heavy atom. The summed E-state index contributed by atoms with van der Waals surface area (Å²) in [5.74, 6) is 2.90. The average Bonchev–Trinajstić information content (AvgIpc) is 2.50. The number of hydrogen-bond acceptors (Lipinski definition) is 5. The summed E-state index contributed by atoms with van der Waals surface area (Å²) in [6.45, 7) is 7.82. The largest absolute Gasteiger partial charge is 0.496 e. The van der Waals surface area contributed by atoms with Crippen molar-refractivity contribution in [2.24, 2.45) is 5.92 Å². The molecule has 1 aromatic carbocycles. The molecule has 1 aromatic heterocycles. The lowest BCUT2D eigenvalue weighted by molar-refractivity contribution is 0.410. The number of ether oxygens (including phenoxy) is 1. The fraction of sp³-hybridized carbons (Fsp3) is 0.412. The van der Waals surface area contributed by atoms with Gasteiger partial charge in [0.1, 0.15) is 11.6 Å². The number of nitrogens with one attached hydrogen (secondary N) is 2. The van der Waals surface area contributed by atoms with Crippen molar-refractivity contribution in [2.75, 3.05) is 24.3 Å². The lowest BCUT2D eigenvalue weighted by Gasteiger charge is -2.12. The highest BCUT2D eigenvalue weighted by atomic mass is 16.5. The molecule has 0 fully saturated rings. The van der Waals surface area contributed by atoms with E-state index < -0.39 is 0 Å². The normalized spacial score (nSPS) is 10.6. The summed E-state index contributed by atoms with van der Waals surface area (Å²) in [6, 6.07) is 9.88. The van der Waals surface area contributed by atoms with Gasteiger partial charge in [-0.1, -0.05) is 32.0 Å². The molecule has 0 amide bonds. The molecule has 0 aliphatic rings. The molecule has 5 nitrogen and oxygen atoms in total. The number of anilines is 2. The van der Waals surface area contributed by atoms with Gasteiger partial charge >= 0.3 is 0 Å². The Balaban J connectivity index is 2.06. The second-order valence-corrected chi connectivity index (χ2v) is 5.66. The molecular weight excluding hydrogens is 276 g/mol. The van der Waals surface area contributed by atoms with Crippen LogP contribution in [0.5, 0.6) is 5.75 Å². The molecule has 0 aliphatic carbocycles. The van der Waals surface area contributed by atoms with Gasteiger partial charge in [0.2, 0.25) is 5.95 Å². The topological polar surface area (TPSA) is 59.1 Å². The molecule has 0 aliphatic heterocycles. The Hall–Kier alpha value is -2.30. The maximum atomic E-state index is 5.35. The summed E-state index contributed by atoms with van der Waals surface area (Å²) in [6.07, 6.45) is 0. The zero-order valence-electron chi connectivity index (χ0n) is 13.7. The number of para-hydroxylation sites is 1. The molecule has 118 valence electrons. The Morgan fingerprint density at radius 3 is 2.64 bits per heavy atom. The van der Waals surface area contributed by atoms with Crippen LogP contribution in [-0.2, 0) is 6.54 Å². The molecule has 2 aromatic rings. The van der Waals surface area contributed by atoms with Gasteiger partial charge in [-0.2, -0.15) is 4.98 Å². The first-order valence-corrected chi connectivity index (χ1v) is 7.54. The van der Waals surface area contributed by atoms with Gasteiger partial charge in [0, 0.05) is 30.4 Å². The molecule has 22 heavy (non-hydrogen) atoms. The summed E-state index contributed by atoms with van der Waals surface area (Å²) in [4.78, 5) is 8.93. The summed E-state index contributed by atoms with van der Waals surface area (Å²) in [5.41, 5.74) is 2.01. The van der Waals surface area contributed by atoms with Crippen LogP contribution < -0.4 is 15.4 Å². The van der Waals surface area contributed by atoms with Gasteiger partial charge < -0.3 is 15.4 Å². The van der Waals surface area contributed by atoms with Crippen molar-refractivity contribution in [3.8, 4) is 5.75 Å². The van der Waals surface area contributed by atoms with Crippen molar-refractivity contribution in [3.63, 3.8) is 0 Å². The third-order valence-electron chi connectivity index (χ3n) is 3.18. The van der Waals surface area contributed by atoms with E-state index in [9.17, 15) is 0 Å². The third-order valence-corrected chi connectivity index (χ3v) is 3.18. The molecular formula is C17H24N4O. The molecule has 0 saturated carbocycles. The van der Waals surface area contributed by atoms with Gasteiger partial charge in [0.15, 0.2) is 0 Å². The van der Waals surface area contributed by atoms with Crippen molar-refractivity contribution in [3.05, 3.63) is 41.6 Å². The van der Waals surface area contributed by atoms with Crippen LogP contribution in [0.15, 0.2) is 30.3 Å². The van der Waals surface area contributed by atoms with E-state index in [1.165, 1.54) is 0 Å². The standard InChI is InChI=1S/C17H24N4O/c1-12(2)10-18-16-9-13(3)20-17(21-16)19-11-14-7-5-6-8-15(14)22-4/h5-9,12H,10-11H2,1-4H3,(H2,18,19,20,21). The molecule has 0 spiro atoms. The molecule has 0 atom stereocenters. The Bertz CT molecular complexity index is 613. The first-order valence-electron chi connectivity index (χ1n) is 7.54. The minimum absolute atomic E-state index is 0.570. The van der Waals surface area contributed by atoms with E-state index in [1.807, 2.05) is 37.3 Å². The summed E-state index contributed by atoms with van der Waals surface area (Å²) < 4.78 is 5.35. The van der Waals surface area contributed by atoms with Crippen molar-refractivity contribution in [1.82, 2.24) is 9.97 Å². The second-order valence-electron chi connectivity index (χ2n) is 5.66. The van der Waals surface area contributed by atoms with Crippen molar-refractivity contribution in [2.45, 2.75) is 27.3 Å². The zero-order valence-corrected chi connectivity index (χ0v) is 13.7. The van der Waals surface area contributed by atoms with Crippen LogP contribution >= 0.6 is 0 Å². The predicted molar refractivity (Wildman–Crippen MR) is 90.4 cm³/mol. The summed E-state index contributed by atoms with van der Waals surface area (Å²) in [5, 5.41) is 6.59. The van der Waals surface area contributed by atoms with Crippen molar-refractivity contribution >= 4 is 11.8 Å². The van der Waals surface area contributed by atoms with Gasteiger partial charge in [-0.3, -0.25) is 0 Å². The second kappa shape index (κ2) is 7.64. The van der Waals surface area contributed by atoms with Crippen LogP contribution in [0, 0.1) is 12.8 Å². The maximum Gasteiger partial charge on any atom is 0.225 e. The number of hydrogen-bond donors (Lipinski definition) is 2. The van der Waals surface area contributed by atoms with E-state index in [0.717, 1.165) is 29.4 Å². The molecule has 5 heteroatoms. The van der Waals surface area contributed by atoms with Gasteiger partial charge in [-0.15, -0.1) is 0 Å². The van der Waals surface area contributed by atoms with E-state index in [1.54, 1.807) is 7.11 Å². The molecule has 0 bridgehead atoms. The number of benzene rings is 1. The molecule has 0 radical (unpaired) electrons. The Kier molecular flexibility index (Phi) is 5.58. The van der Waals surface area contributed by atoms with Crippen LogP contribution in [0.4, 0.5) is 11.8 Å². The van der Waals surface area contributed by atoms with Gasteiger partial charge in [-0.05, 0) is 18.9 Å². The average molecular weight is 300 g/mol. The highest BCUT2D eigenvalue weighted by molar-refractivity contribution is 5.43. The van der Waals surface area contributed by atoms with Gasteiger partial charge in [0.25, 0.3) is 0 Å². The summed E-state index contributed by atoms with van der Waals surface area (Å²) in [7, 11) is 1.68. The lowest BCUT2D eigenvalue weighted by Crippen LogP contribution is -2.12. The monoisotopic (exact) mass is 300 g/mol. The van der Waals surface area contributed by atoms with Crippen LogP contribution in [0.3, 0.4) is 0 Å². The Morgan fingerprint density at radius 2 is 1.91 bits per heavy atom. The highest BCUT2D eigenvalue weighted by Gasteiger charge is 2.05.